The number of nitrogens with zero attached hydrogens (tertiary/aromatic N) is 7. The third-order valence-corrected chi connectivity index (χ3v) is 16.1. The van der Waals surface area contributed by atoms with Crippen molar-refractivity contribution < 1.29 is 18.3 Å². The van der Waals surface area contributed by atoms with E-state index in [0.29, 0.717) is 38.9 Å². The number of likely N-dealkylation sites (tertiary alicyclic amines) is 1. The number of nitriles is 1. The van der Waals surface area contributed by atoms with E-state index in [4.69, 9.17) is 19.1 Å². The van der Waals surface area contributed by atoms with Crippen molar-refractivity contribution in [1.82, 2.24) is 19.8 Å². The molecule has 2 aromatic carbocycles. The number of piperazine rings is 1. The lowest BCUT2D eigenvalue weighted by molar-refractivity contribution is -0.131. The van der Waals surface area contributed by atoms with Gasteiger partial charge in [-0.25, -0.2) is 4.39 Å². The maximum absolute atomic E-state index is 14.0. The Bertz CT molecular complexity index is 1830. The summed E-state index contributed by atoms with van der Waals surface area (Å²) in [5, 5.41) is 12.2. The highest BCUT2D eigenvalue weighted by molar-refractivity contribution is 6.74. The summed E-state index contributed by atoms with van der Waals surface area (Å²) in [5.41, 5.74) is 4.37. The highest BCUT2D eigenvalue weighted by Gasteiger charge is 2.38. The van der Waals surface area contributed by atoms with Gasteiger partial charge >= 0.3 is 6.01 Å². The Hall–Kier alpha value is -4.05. The standard InChI is InChI=1S/C40H54FN7O3Si/c1-28-11-8-12-30-13-9-15-35(36(28)30)46-20-17-33-34(26-46)43-39(44-37(33)47-21-22-48(38(49)29(2)41)31(25-47)16-18-42)50-27-32-14-10-19-45(32)23-24-51-52(6,7)40(3,4)5/h8-9,11-13,15,31-32H,2,10,14,16-17,19-27H2,1,3-7H3/t31-,32-/m0/s1. The van der Waals surface area contributed by atoms with Gasteiger partial charge in [0.1, 0.15) is 12.4 Å². The Morgan fingerprint density at radius 1 is 1.08 bits per heavy atom. The van der Waals surface area contributed by atoms with Crippen LogP contribution in [0.1, 0.15) is 56.9 Å². The number of aromatic nitrogens is 2. The fraction of sp³-hybridized carbons (Fsp3) is 0.550. The summed E-state index contributed by atoms with van der Waals surface area (Å²) in [4.78, 5) is 31.2. The number of carbonyl (C=O) groups excluding carboxylic acids is 1. The van der Waals surface area contributed by atoms with Crippen molar-refractivity contribution in [3.63, 3.8) is 0 Å². The van der Waals surface area contributed by atoms with Gasteiger partial charge in [-0.3, -0.25) is 9.69 Å². The zero-order valence-corrected chi connectivity index (χ0v) is 32.8. The summed E-state index contributed by atoms with van der Waals surface area (Å²) in [7, 11) is -1.83. The normalized spacial score (nSPS) is 19.8. The second-order valence-electron chi connectivity index (χ2n) is 16.0. The van der Waals surface area contributed by atoms with E-state index in [0.717, 1.165) is 56.0 Å². The maximum atomic E-state index is 14.0. The monoisotopic (exact) mass is 727 g/mol. The van der Waals surface area contributed by atoms with Gasteiger partial charge in [-0.05, 0) is 67.9 Å². The molecule has 1 amide bonds. The lowest BCUT2D eigenvalue weighted by Crippen LogP contribution is -2.55. The largest absolute Gasteiger partial charge is 0.462 e. The summed E-state index contributed by atoms with van der Waals surface area (Å²) in [6.07, 6.45) is 2.95. The quantitative estimate of drug-likeness (QED) is 0.156. The predicted octanol–water partition coefficient (Wildman–Crippen LogP) is 6.78. The summed E-state index contributed by atoms with van der Waals surface area (Å²) >= 11 is 0. The van der Waals surface area contributed by atoms with Crippen LogP contribution in [0.5, 0.6) is 6.01 Å². The Kier molecular flexibility index (Phi) is 11.2. The molecule has 0 aliphatic carbocycles. The molecule has 3 aromatic rings. The van der Waals surface area contributed by atoms with Crippen molar-refractivity contribution in [2.75, 3.05) is 62.3 Å². The van der Waals surface area contributed by atoms with E-state index in [9.17, 15) is 14.4 Å². The number of rotatable bonds is 11. The van der Waals surface area contributed by atoms with Crippen molar-refractivity contribution in [1.29, 1.82) is 5.26 Å². The third-order valence-electron chi connectivity index (χ3n) is 11.6. The van der Waals surface area contributed by atoms with Crippen LogP contribution < -0.4 is 14.5 Å². The zero-order valence-electron chi connectivity index (χ0n) is 31.8. The van der Waals surface area contributed by atoms with Crippen LogP contribution in [0.25, 0.3) is 10.8 Å². The molecule has 2 saturated heterocycles. The molecule has 0 radical (unpaired) electrons. The van der Waals surface area contributed by atoms with Gasteiger partial charge in [-0.15, -0.1) is 0 Å². The molecule has 4 heterocycles. The van der Waals surface area contributed by atoms with E-state index in [1.807, 2.05) is 0 Å². The summed E-state index contributed by atoms with van der Waals surface area (Å²) in [5.74, 6) is -0.998. The summed E-state index contributed by atoms with van der Waals surface area (Å²) in [6, 6.07) is 15.1. The van der Waals surface area contributed by atoms with Crippen LogP contribution in [0, 0.1) is 18.3 Å². The molecule has 10 nitrogen and oxygen atoms in total. The van der Waals surface area contributed by atoms with Gasteiger partial charge in [0, 0.05) is 62.0 Å². The van der Waals surface area contributed by atoms with Gasteiger partial charge in [0.15, 0.2) is 14.1 Å². The summed E-state index contributed by atoms with van der Waals surface area (Å²) < 4.78 is 27.0. The van der Waals surface area contributed by atoms with Gasteiger partial charge < -0.3 is 23.9 Å². The van der Waals surface area contributed by atoms with Crippen molar-refractivity contribution in [3.05, 3.63) is 65.6 Å². The molecule has 3 aliphatic heterocycles. The van der Waals surface area contributed by atoms with Crippen molar-refractivity contribution in [3.8, 4) is 12.1 Å². The molecule has 12 heteroatoms. The van der Waals surface area contributed by atoms with Gasteiger partial charge in [0.05, 0.1) is 30.8 Å². The minimum Gasteiger partial charge on any atom is -0.462 e. The average molecular weight is 728 g/mol. The molecule has 2 atom stereocenters. The average Bonchev–Trinajstić information content (AvgIpc) is 3.56. The van der Waals surface area contributed by atoms with Crippen LogP contribution in [0.2, 0.25) is 18.1 Å². The van der Waals surface area contributed by atoms with Crippen LogP contribution in [0.15, 0.2) is 48.8 Å². The number of ether oxygens (including phenoxy) is 1. The molecule has 2 fully saturated rings. The van der Waals surface area contributed by atoms with E-state index in [1.54, 1.807) is 0 Å². The highest BCUT2D eigenvalue weighted by atomic mass is 28.4. The SMILES string of the molecule is C=C(F)C(=O)N1CCN(c2nc(OC[C@@H]3CCCN3CCO[Si](C)(C)C(C)(C)C)nc3c2CCN(c2cccc4cccc(C)c24)C3)C[C@@H]1CC#N. The number of benzene rings is 2. The predicted molar refractivity (Wildman–Crippen MR) is 207 cm³/mol. The minimum absolute atomic E-state index is 0.0804. The van der Waals surface area contributed by atoms with Gasteiger partial charge in [0.2, 0.25) is 0 Å². The van der Waals surface area contributed by atoms with Gasteiger partial charge in [0.25, 0.3) is 5.91 Å². The highest BCUT2D eigenvalue weighted by Crippen LogP contribution is 2.38. The van der Waals surface area contributed by atoms with Gasteiger partial charge in [-0.2, -0.15) is 15.2 Å². The molecule has 278 valence electrons. The van der Waals surface area contributed by atoms with E-state index < -0.39 is 26.1 Å². The molecular weight excluding hydrogens is 674 g/mol. The number of carbonyl (C=O) groups is 1. The first-order valence-corrected chi connectivity index (χ1v) is 21.6. The molecule has 52 heavy (non-hydrogen) atoms. The fourth-order valence-electron chi connectivity index (χ4n) is 7.62. The number of anilines is 2. The van der Waals surface area contributed by atoms with Crippen LogP contribution in [-0.4, -0.2) is 98.6 Å². The van der Waals surface area contributed by atoms with Crippen LogP contribution in [0.4, 0.5) is 15.9 Å². The van der Waals surface area contributed by atoms with Crippen LogP contribution in [0.3, 0.4) is 0 Å². The number of halogens is 1. The fourth-order valence-corrected chi connectivity index (χ4v) is 8.66. The molecule has 0 saturated carbocycles. The van der Waals surface area contributed by atoms with E-state index in [-0.39, 0.29) is 24.0 Å². The Balaban J connectivity index is 1.26. The third kappa shape index (κ3) is 7.97. The van der Waals surface area contributed by atoms with Crippen LogP contribution >= 0.6 is 0 Å². The zero-order chi connectivity index (χ0) is 37.2. The Labute approximate surface area is 309 Å². The Morgan fingerprint density at radius 3 is 2.58 bits per heavy atom. The second-order valence-corrected chi connectivity index (χ2v) is 20.8. The van der Waals surface area contributed by atoms with Crippen molar-refractivity contribution in [2.24, 2.45) is 0 Å². The van der Waals surface area contributed by atoms with Crippen LogP contribution in [-0.2, 0) is 22.2 Å². The molecule has 0 spiro atoms. The molecule has 0 bridgehead atoms. The first-order chi connectivity index (χ1) is 24.8. The first kappa shape index (κ1) is 37.7. The van der Waals surface area contributed by atoms with E-state index >= 15 is 0 Å². The number of hydrogen-bond donors (Lipinski definition) is 0. The maximum Gasteiger partial charge on any atom is 0.318 e. The number of aryl methyl sites for hydroxylation is 1. The molecular formula is C40H54FN7O3Si. The number of fused-ring (bicyclic) bond motifs is 2. The second kappa shape index (κ2) is 15.5. The van der Waals surface area contributed by atoms with Crippen molar-refractivity contribution in [2.45, 2.75) is 90.1 Å². The molecule has 0 N–H and O–H groups in total. The minimum atomic E-state index is -1.83. The topological polar surface area (TPSA) is 98.1 Å². The van der Waals surface area contributed by atoms with E-state index in [2.05, 4.69) is 105 Å². The first-order valence-electron chi connectivity index (χ1n) is 18.7. The number of amides is 1. The Morgan fingerprint density at radius 2 is 1.85 bits per heavy atom. The molecule has 3 aliphatic rings. The molecule has 1 aromatic heterocycles. The summed E-state index contributed by atoms with van der Waals surface area (Å²) in [6.45, 7) is 22.3. The van der Waals surface area contributed by atoms with Crippen molar-refractivity contribution >= 4 is 36.5 Å². The lowest BCUT2D eigenvalue weighted by atomic mass is 9.99. The molecule has 6 rings (SSSR count). The smallest absolute Gasteiger partial charge is 0.318 e. The lowest BCUT2D eigenvalue weighted by Gasteiger charge is -2.42. The van der Waals surface area contributed by atoms with E-state index in [1.165, 1.54) is 26.9 Å². The molecule has 0 unspecified atom stereocenters. The number of hydrogen-bond acceptors (Lipinski definition) is 9. The van der Waals surface area contributed by atoms with Gasteiger partial charge in [-0.1, -0.05) is 57.7 Å².